The van der Waals surface area contributed by atoms with Gasteiger partial charge < -0.3 is 10.4 Å². The van der Waals surface area contributed by atoms with Crippen LogP contribution in [-0.2, 0) is 4.79 Å². The Morgan fingerprint density at radius 2 is 2.21 bits per heavy atom. The van der Waals surface area contributed by atoms with Gasteiger partial charge in [0, 0.05) is 17.0 Å². The van der Waals surface area contributed by atoms with Crippen LogP contribution in [-0.4, -0.2) is 23.0 Å². The predicted octanol–water partition coefficient (Wildman–Crippen LogP) is 2.76. The first-order valence-corrected chi connectivity index (χ1v) is 7.18. The van der Waals surface area contributed by atoms with Gasteiger partial charge in [0.25, 0.3) is 5.91 Å². The van der Waals surface area contributed by atoms with Gasteiger partial charge in [-0.25, -0.2) is 4.79 Å². The van der Waals surface area contributed by atoms with Crippen LogP contribution >= 0.6 is 11.3 Å². The van der Waals surface area contributed by atoms with Gasteiger partial charge in [-0.15, -0.1) is 11.3 Å². The monoisotopic (exact) mass is 279 g/mol. The first-order valence-electron chi connectivity index (χ1n) is 6.36. The number of thiophene rings is 1. The highest BCUT2D eigenvalue weighted by atomic mass is 32.1. The lowest BCUT2D eigenvalue weighted by Crippen LogP contribution is -2.32. The van der Waals surface area contributed by atoms with E-state index in [4.69, 9.17) is 5.11 Å². The van der Waals surface area contributed by atoms with Crippen molar-refractivity contribution in [3.8, 4) is 0 Å². The molecule has 102 valence electrons. The Morgan fingerprint density at radius 3 is 2.84 bits per heavy atom. The van der Waals surface area contributed by atoms with Crippen molar-refractivity contribution >= 4 is 29.3 Å². The minimum Gasteiger partial charge on any atom is -0.478 e. The fourth-order valence-corrected chi connectivity index (χ4v) is 3.13. The van der Waals surface area contributed by atoms with Crippen molar-refractivity contribution in [2.75, 3.05) is 0 Å². The van der Waals surface area contributed by atoms with E-state index in [2.05, 4.69) is 12.2 Å². The maximum atomic E-state index is 12.0. The molecule has 0 spiro atoms. The largest absolute Gasteiger partial charge is 0.478 e. The fraction of sp³-hybridized carbons (Fsp3) is 0.429. The summed E-state index contributed by atoms with van der Waals surface area (Å²) in [5.74, 6) is -0.360. The summed E-state index contributed by atoms with van der Waals surface area (Å²) in [6.07, 6.45) is 5.84. The van der Waals surface area contributed by atoms with Crippen molar-refractivity contribution in [1.82, 2.24) is 5.32 Å². The Hall–Kier alpha value is -1.62. The van der Waals surface area contributed by atoms with Gasteiger partial charge in [0.05, 0.1) is 4.88 Å². The van der Waals surface area contributed by atoms with Crippen LogP contribution in [0.15, 0.2) is 18.2 Å². The number of carbonyl (C=O) groups excluding carboxylic acids is 1. The number of hydrogen-bond donors (Lipinski definition) is 2. The van der Waals surface area contributed by atoms with Crippen molar-refractivity contribution in [2.24, 2.45) is 5.92 Å². The molecule has 2 atom stereocenters. The van der Waals surface area contributed by atoms with Crippen molar-refractivity contribution < 1.29 is 14.7 Å². The summed E-state index contributed by atoms with van der Waals surface area (Å²) in [7, 11) is 0. The van der Waals surface area contributed by atoms with Crippen molar-refractivity contribution in [3.05, 3.63) is 28.0 Å². The Morgan fingerprint density at radius 1 is 1.42 bits per heavy atom. The minimum absolute atomic E-state index is 0.0564. The van der Waals surface area contributed by atoms with Crippen LogP contribution in [0, 0.1) is 5.92 Å². The van der Waals surface area contributed by atoms with Crippen molar-refractivity contribution in [1.29, 1.82) is 0 Å². The summed E-state index contributed by atoms with van der Waals surface area (Å²) < 4.78 is 0. The fourth-order valence-electron chi connectivity index (χ4n) is 2.31. The van der Waals surface area contributed by atoms with Gasteiger partial charge in [-0.05, 0) is 43.4 Å². The summed E-state index contributed by atoms with van der Waals surface area (Å²) in [5.41, 5.74) is 0. The molecule has 1 aromatic heterocycles. The normalized spacial score (nSPS) is 22.8. The molecule has 2 N–H and O–H groups in total. The molecular formula is C14H17NO3S. The molecule has 1 aliphatic rings. The highest BCUT2D eigenvalue weighted by Crippen LogP contribution is 2.25. The molecule has 1 saturated carbocycles. The van der Waals surface area contributed by atoms with Gasteiger partial charge in [-0.1, -0.05) is 6.92 Å². The standard InChI is InChI=1S/C14H17NO3S/c1-9-2-3-10(8-9)15-14(18)12-6-4-11(19-12)5-7-13(16)17/h4-7,9-10H,2-3,8H2,1H3,(H,15,18)(H,16,17)/b7-5+. The van der Waals surface area contributed by atoms with Gasteiger partial charge in [-0.2, -0.15) is 0 Å². The molecular weight excluding hydrogens is 262 g/mol. The number of carbonyl (C=O) groups is 2. The average Bonchev–Trinajstić information content (AvgIpc) is 2.95. The number of nitrogens with one attached hydrogen (secondary N) is 1. The molecule has 4 nitrogen and oxygen atoms in total. The second-order valence-corrected chi connectivity index (χ2v) is 6.08. The molecule has 0 bridgehead atoms. The van der Waals surface area contributed by atoms with Crippen molar-refractivity contribution in [3.63, 3.8) is 0 Å². The van der Waals surface area contributed by atoms with Gasteiger partial charge in [-0.3, -0.25) is 4.79 Å². The number of hydrogen-bond acceptors (Lipinski definition) is 3. The van der Waals surface area contributed by atoms with E-state index in [9.17, 15) is 9.59 Å². The lowest BCUT2D eigenvalue weighted by atomic mass is 10.1. The summed E-state index contributed by atoms with van der Waals surface area (Å²) in [6, 6.07) is 3.78. The Labute approximate surface area is 116 Å². The lowest BCUT2D eigenvalue weighted by Gasteiger charge is -2.11. The Bertz CT molecular complexity index is 507. The smallest absolute Gasteiger partial charge is 0.328 e. The van der Waals surface area contributed by atoms with Crippen LogP contribution in [0.1, 0.15) is 40.7 Å². The summed E-state index contributed by atoms with van der Waals surface area (Å²) in [4.78, 5) is 23.8. The molecule has 2 unspecified atom stereocenters. The van der Waals surface area contributed by atoms with E-state index in [1.54, 1.807) is 12.1 Å². The van der Waals surface area contributed by atoms with Crippen LogP contribution in [0.5, 0.6) is 0 Å². The van der Waals surface area contributed by atoms with Crippen LogP contribution in [0.4, 0.5) is 0 Å². The molecule has 19 heavy (non-hydrogen) atoms. The Kier molecular flexibility index (Phi) is 4.37. The topological polar surface area (TPSA) is 66.4 Å². The molecule has 0 aliphatic heterocycles. The molecule has 0 aromatic carbocycles. The van der Waals surface area contributed by atoms with Gasteiger partial charge in [0.1, 0.15) is 0 Å². The quantitative estimate of drug-likeness (QED) is 0.833. The first-order chi connectivity index (χ1) is 9.04. The maximum Gasteiger partial charge on any atom is 0.328 e. The van der Waals surface area contributed by atoms with Crippen LogP contribution in [0.3, 0.4) is 0 Å². The number of carboxylic acids is 1. The molecule has 1 aromatic rings. The third-order valence-corrected chi connectivity index (χ3v) is 4.32. The van der Waals surface area contributed by atoms with E-state index < -0.39 is 5.97 Å². The zero-order chi connectivity index (χ0) is 13.8. The van der Waals surface area contributed by atoms with Crippen LogP contribution in [0.2, 0.25) is 0 Å². The van der Waals surface area contributed by atoms with E-state index in [1.807, 2.05) is 0 Å². The number of carboxylic acid groups (broad SMARTS) is 1. The van der Waals surface area contributed by atoms with Crippen LogP contribution in [0.25, 0.3) is 6.08 Å². The second-order valence-electron chi connectivity index (χ2n) is 4.96. The molecule has 1 aliphatic carbocycles. The van der Waals surface area contributed by atoms with E-state index in [1.165, 1.54) is 23.8 Å². The molecule has 5 heteroatoms. The third-order valence-electron chi connectivity index (χ3n) is 3.27. The summed E-state index contributed by atoms with van der Waals surface area (Å²) in [6.45, 7) is 2.20. The zero-order valence-electron chi connectivity index (χ0n) is 10.8. The minimum atomic E-state index is -0.987. The second kappa shape index (κ2) is 6.02. The third kappa shape index (κ3) is 3.92. The van der Waals surface area contributed by atoms with E-state index in [0.717, 1.165) is 23.8 Å². The highest BCUT2D eigenvalue weighted by molar-refractivity contribution is 7.14. The molecule has 0 radical (unpaired) electrons. The maximum absolute atomic E-state index is 12.0. The summed E-state index contributed by atoms with van der Waals surface area (Å²) in [5, 5.41) is 11.6. The molecule has 2 rings (SSSR count). The molecule has 1 fully saturated rings. The molecule has 0 saturated heterocycles. The highest BCUT2D eigenvalue weighted by Gasteiger charge is 2.23. The molecule has 1 heterocycles. The van der Waals surface area contributed by atoms with Crippen molar-refractivity contribution in [2.45, 2.75) is 32.2 Å². The van der Waals surface area contributed by atoms with E-state index in [0.29, 0.717) is 10.8 Å². The van der Waals surface area contributed by atoms with E-state index >= 15 is 0 Å². The summed E-state index contributed by atoms with van der Waals surface area (Å²) >= 11 is 1.30. The van der Waals surface area contributed by atoms with Gasteiger partial charge >= 0.3 is 5.97 Å². The number of aliphatic carboxylic acids is 1. The van der Waals surface area contributed by atoms with Crippen LogP contribution < -0.4 is 5.32 Å². The predicted molar refractivity (Wildman–Crippen MR) is 75.3 cm³/mol. The first kappa shape index (κ1) is 13.8. The van der Waals surface area contributed by atoms with E-state index in [-0.39, 0.29) is 11.9 Å². The lowest BCUT2D eigenvalue weighted by molar-refractivity contribution is -0.131. The number of rotatable bonds is 4. The zero-order valence-corrected chi connectivity index (χ0v) is 11.6. The Balaban J connectivity index is 1.94. The van der Waals surface area contributed by atoms with Gasteiger partial charge in [0.15, 0.2) is 0 Å². The molecule has 1 amide bonds. The SMILES string of the molecule is CC1CCC(NC(=O)c2ccc(/C=C/C(=O)O)s2)C1. The van der Waals surface area contributed by atoms with Gasteiger partial charge in [0.2, 0.25) is 0 Å². The number of amides is 1. The average molecular weight is 279 g/mol.